The number of benzene rings is 2. The molecule has 0 bridgehead atoms. The zero-order chi connectivity index (χ0) is 27.9. The Hall–Kier alpha value is -4.15. The van der Waals surface area contributed by atoms with Gasteiger partial charge in [-0.15, -0.1) is 0 Å². The smallest absolute Gasteiger partial charge is 0.328 e. The van der Waals surface area contributed by atoms with Crippen molar-refractivity contribution in [2.75, 3.05) is 20.3 Å². The van der Waals surface area contributed by atoms with E-state index in [1.165, 1.54) is 19.2 Å². The largest absolute Gasteiger partial charge is 0.493 e. The Morgan fingerprint density at radius 1 is 1.13 bits per heavy atom. The van der Waals surface area contributed by atoms with Crippen LogP contribution < -0.4 is 21.5 Å². The average molecular weight is 527 g/mol. The van der Waals surface area contributed by atoms with E-state index in [9.17, 15) is 14.0 Å². The number of ether oxygens (including phenoxy) is 2. The third-order valence-electron chi connectivity index (χ3n) is 5.88. The van der Waals surface area contributed by atoms with Gasteiger partial charge in [-0.1, -0.05) is 39.0 Å². The van der Waals surface area contributed by atoms with Gasteiger partial charge < -0.3 is 26.3 Å². The van der Waals surface area contributed by atoms with Crippen molar-refractivity contribution in [3.05, 3.63) is 59.5 Å². The van der Waals surface area contributed by atoms with E-state index in [1.807, 2.05) is 32.9 Å². The number of amides is 1. The molecule has 1 atom stereocenters. The predicted octanol–water partition coefficient (Wildman–Crippen LogP) is 2.97. The van der Waals surface area contributed by atoms with Gasteiger partial charge in [0, 0.05) is 6.54 Å². The van der Waals surface area contributed by atoms with Crippen LogP contribution in [0.4, 0.5) is 4.39 Å². The highest BCUT2D eigenvalue weighted by atomic mass is 19.1. The van der Waals surface area contributed by atoms with E-state index < -0.39 is 23.3 Å². The van der Waals surface area contributed by atoms with Gasteiger partial charge in [0.1, 0.15) is 17.6 Å². The molecule has 10 nitrogen and oxygen atoms in total. The molecule has 0 saturated carbocycles. The minimum Gasteiger partial charge on any atom is -0.493 e. The highest BCUT2D eigenvalue weighted by Crippen LogP contribution is 2.31. The second-order valence-corrected chi connectivity index (χ2v) is 9.94. The number of methoxy groups -OCH3 is 1. The molecule has 1 aromatic heterocycles. The maximum atomic E-state index is 13.5. The summed E-state index contributed by atoms with van der Waals surface area (Å²) in [5, 5.41) is 7.90. The van der Waals surface area contributed by atoms with Crippen LogP contribution in [0.2, 0.25) is 0 Å². The number of guanidine groups is 1. The van der Waals surface area contributed by atoms with E-state index >= 15 is 0 Å². The molecule has 0 aliphatic heterocycles. The highest BCUT2D eigenvalue weighted by Gasteiger charge is 2.35. The second kappa shape index (κ2) is 12.4. The van der Waals surface area contributed by atoms with Crippen molar-refractivity contribution < 1.29 is 23.5 Å². The quantitative estimate of drug-likeness (QED) is 0.151. The summed E-state index contributed by atoms with van der Waals surface area (Å²) in [5.74, 6) is -0.920. The summed E-state index contributed by atoms with van der Waals surface area (Å²) in [6.45, 7) is 6.65. The summed E-state index contributed by atoms with van der Waals surface area (Å²) in [6, 6.07) is 10.6. The number of carbonyl (C=O) groups is 2. The summed E-state index contributed by atoms with van der Waals surface area (Å²) in [6.07, 6.45) is 1.41. The van der Waals surface area contributed by atoms with Crippen LogP contribution in [0.15, 0.2) is 47.5 Å². The number of halogens is 1. The van der Waals surface area contributed by atoms with Crippen molar-refractivity contribution in [1.29, 1.82) is 0 Å². The maximum Gasteiger partial charge on any atom is 0.328 e. The molecule has 1 amide bonds. The van der Waals surface area contributed by atoms with E-state index in [1.54, 1.807) is 22.9 Å². The number of nitrogens with zero attached hydrogens (tertiary/aromatic N) is 3. The van der Waals surface area contributed by atoms with E-state index in [0.717, 1.165) is 12.0 Å². The third kappa shape index (κ3) is 7.21. The maximum absolute atomic E-state index is 13.5. The van der Waals surface area contributed by atoms with Crippen molar-refractivity contribution in [2.45, 2.75) is 46.2 Å². The lowest BCUT2D eigenvalue weighted by molar-refractivity contribution is -0.145. The van der Waals surface area contributed by atoms with E-state index in [2.05, 4.69) is 15.4 Å². The molecule has 0 aliphatic carbocycles. The fraction of sp³-hybridized carbons (Fsp3) is 0.407. The number of aliphatic imine (C=N–C) groups is 1. The fourth-order valence-corrected chi connectivity index (χ4v) is 3.91. The Kier molecular flexibility index (Phi) is 9.27. The molecule has 38 heavy (non-hydrogen) atoms. The highest BCUT2D eigenvalue weighted by molar-refractivity contribution is 6.08. The molecule has 11 heteroatoms. The van der Waals surface area contributed by atoms with Gasteiger partial charge in [0.15, 0.2) is 11.7 Å². The fourth-order valence-electron chi connectivity index (χ4n) is 3.91. The van der Waals surface area contributed by atoms with Crippen LogP contribution in [0.5, 0.6) is 5.75 Å². The van der Waals surface area contributed by atoms with Gasteiger partial charge in [-0.3, -0.25) is 14.5 Å². The summed E-state index contributed by atoms with van der Waals surface area (Å²) in [7, 11) is 1.28. The van der Waals surface area contributed by atoms with Gasteiger partial charge in [0.2, 0.25) is 0 Å². The van der Waals surface area contributed by atoms with Crippen LogP contribution in [-0.2, 0) is 16.1 Å². The monoisotopic (exact) mass is 526 g/mol. The summed E-state index contributed by atoms with van der Waals surface area (Å²) in [5.41, 5.74) is 11.7. The van der Waals surface area contributed by atoms with E-state index in [0.29, 0.717) is 42.8 Å². The van der Waals surface area contributed by atoms with E-state index in [4.69, 9.17) is 20.9 Å². The topological polar surface area (TPSA) is 147 Å². The van der Waals surface area contributed by atoms with Gasteiger partial charge in [-0.05, 0) is 48.1 Å². The standard InChI is InChI=1S/C27H35FN6O4/c1-27(2,3)23(25(36)37-4)32-24(35)22-21-19(34(33-22)16-17-10-12-18(28)13-11-17)8-7-9-20(21)38-15-6-5-14-31-26(29)30/h7-13,23H,5-6,14-16H2,1-4H3,(H,32,35)(H4,29,30,31)/t23-/m1/s1. The zero-order valence-corrected chi connectivity index (χ0v) is 22.2. The van der Waals surface area contributed by atoms with Crippen molar-refractivity contribution >= 4 is 28.7 Å². The molecule has 0 aliphatic rings. The molecule has 0 saturated heterocycles. The van der Waals surface area contributed by atoms with Gasteiger partial charge >= 0.3 is 5.97 Å². The average Bonchev–Trinajstić information content (AvgIpc) is 3.23. The lowest BCUT2D eigenvalue weighted by Crippen LogP contribution is -2.49. The molecule has 204 valence electrons. The number of nitrogens with two attached hydrogens (primary N) is 2. The zero-order valence-electron chi connectivity index (χ0n) is 22.2. The Bertz CT molecular complexity index is 1290. The third-order valence-corrected chi connectivity index (χ3v) is 5.88. The van der Waals surface area contributed by atoms with Gasteiger partial charge in [0.05, 0.1) is 31.2 Å². The normalized spacial score (nSPS) is 12.1. The minimum absolute atomic E-state index is 0.0421. The number of esters is 1. The first-order valence-electron chi connectivity index (χ1n) is 12.3. The number of unbranched alkanes of at least 4 members (excludes halogenated alkanes) is 1. The van der Waals surface area contributed by atoms with Crippen LogP contribution in [-0.4, -0.2) is 53.9 Å². The van der Waals surface area contributed by atoms with Crippen molar-refractivity contribution in [3.8, 4) is 5.75 Å². The van der Waals surface area contributed by atoms with Crippen LogP contribution >= 0.6 is 0 Å². The Morgan fingerprint density at radius 3 is 2.47 bits per heavy atom. The molecule has 0 fully saturated rings. The summed E-state index contributed by atoms with van der Waals surface area (Å²) < 4.78 is 26.1. The molecule has 2 aromatic carbocycles. The Balaban J connectivity index is 1.97. The lowest BCUT2D eigenvalue weighted by Gasteiger charge is -2.28. The van der Waals surface area contributed by atoms with Crippen LogP contribution in [0.3, 0.4) is 0 Å². The molecule has 5 N–H and O–H groups in total. The number of fused-ring (bicyclic) bond motifs is 1. The second-order valence-electron chi connectivity index (χ2n) is 9.94. The summed E-state index contributed by atoms with van der Waals surface area (Å²) in [4.78, 5) is 30.0. The molecule has 0 unspecified atom stereocenters. The Labute approximate surface area is 221 Å². The number of hydrogen-bond donors (Lipinski definition) is 3. The SMILES string of the molecule is COC(=O)[C@@H](NC(=O)c1nn(Cc2ccc(F)cc2)c2cccc(OCCCCN=C(N)N)c12)C(C)(C)C. The number of aromatic nitrogens is 2. The Morgan fingerprint density at radius 2 is 1.84 bits per heavy atom. The molecular weight excluding hydrogens is 491 g/mol. The van der Waals surface area contributed by atoms with Crippen molar-refractivity contribution in [1.82, 2.24) is 15.1 Å². The van der Waals surface area contributed by atoms with Crippen LogP contribution in [0.1, 0.15) is 49.7 Å². The molecule has 1 heterocycles. The van der Waals surface area contributed by atoms with Crippen molar-refractivity contribution in [3.63, 3.8) is 0 Å². The molecule has 3 rings (SSSR count). The predicted molar refractivity (Wildman–Crippen MR) is 143 cm³/mol. The number of hydrogen-bond acceptors (Lipinski definition) is 6. The number of carbonyl (C=O) groups excluding carboxylic acids is 2. The first kappa shape index (κ1) is 28.4. The van der Waals surface area contributed by atoms with Crippen LogP contribution in [0.25, 0.3) is 10.9 Å². The summed E-state index contributed by atoms with van der Waals surface area (Å²) >= 11 is 0. The van der Waals surface area contributed by atoms with Gasteiger partial charge in [-0.2, -0.15) is 5.10 Å². The first-order chi connectivity index (χ1) is 18.0. The van der Waals surface area contributed by atoms with E-state index in [-0.39, 0.29) is 17.5 Å². The molecule has 3 aromatic rings. The molecule has 0 radical (unpaired) electrons. The van der Waals surface area contributed by atoms with Gasteiger partial charge in [0.25, 0.3) is 5.91 Å². The molecular formula is C27H35FN6O4. The number of rotatable bonds is 11. The number of nitrogens with one attached hydrogen (secondary N) is 1. The molecule has 0 spiro atoms. The van der Waals surface area contributed by atoms with Gasteiger partial charge in [-0.25, -0.2) is 9.18 Å². The van der Waals surface area contributed by atoms with Crippen molar-refractivity contribution in [2.24, 2.45) is 21.9 Å². The minimum atomic E-state index is -0.902. The van der Waals surface area contributed by atoms with Crippen LogP contribution in [0, 0.1) is 11.2 Å². The lowest BCUT2D eigenvalue weighted by atomic mass is 9.86. The first-order valence-corrected chi connectivity index (χ1v) is 12.3.